The quantitative estimate of drug-likeness (QED) is 0.696. The number of nitrogens with zero attached hydrogens (tertiary/aromatic N) is 2. The summed E-state index contributed by atoms with van der Waals surface area (Å²) in [5.74, 6) is 0.645. The van der Waals surface area contributed by atoms with Crippen molar-refractivity contribution in [3.05, 3.63) is 65.9 Å². The van der Waals surface area contributed by atoms with E-state index in [9.17, 15) is 9.18 Å². The van der Waals surface area contributed by atoms with Crippen molar-refractivity contribution in [1.29, 1.82) is 0 Å². The maximum Gasteiger partial charge on any atom is 0.276 e. The summed E-state index contributed by atoms with van der Waals surface area (Å²) in [6.45, 7) is 4.20. The third-order valence-electron chi connectivity index (χ3n) is 3.52. The van der Waals surface area contributed by atoms with Crippen LogP contribution in [0.4, 0.5) is 10.1 Å². The SMILES string of the molecule is CC(C)Cc1cc(C(=O)Nc2ccc(Oc3ccc(F)cc3)nc2)n[nH]1. The van der Waals surface area contributed by atoms with Gasteiger partial charge in [-0.25, -0.2) is 9.37 Å². The summed E-state index contributed by atoms with van der Waals surface area (Å²) in [7, 11) is 0. The van der Waals surface area contributed by atoms with Crippen LogP contribution in [-0.4, -0.2) is 21.1 Å². The topological polar surface area (TPSA) is 79.9 Å². The van der Waals surface area contributed by atoms with Crippen molar-refractivity contribution in [3.63, 3.8) is 0 Å². The van der Waals surface area contributed by atoms with E-state index in [0.29, 0.717) is 28.9 Å². The number of ether oxygens (including phenoxy) is 1. The van der Waals surface area contributed by atoms with Crippen LogP contribution in [0.25, 0.3) is 0 Å². The maximum absolute atomic E-state index is 12.9. The highest BCUT2D eigenvalue weighted by atomic mass is 19.1. The molecule has 0 bridgehead atoms. The minimum absolute atomic E-state index is 0.315. The van der Waals surface area contributed by atoms with Gasteiger partial charge in [0.15, 0.2) is 5.69 Å². The molecule has 0 aliphatic rings. The van der Waals surface area contributed by atoms with Crippen LogP contribution in [-0.2, 0) is 6.42 Å². The lowest BCUT2D eigenvalue weighted by atomic mass is 10.1. The van der Waals surface area contributed by atoms with Gasteiger partial charge in [-0.1, -0.05) is 13.8 Å². The Kier molecular flexibility index (Phi) is 5.26. The zero-order valence-electron chi connectivity index (χ0n) is 14.5. The van der Waals surface area contributed by atoms with Crippen LogP contribution >= 0.6 is 0 Å². The predicted molar refractivity (Wildman–Crippen MR) is 95.8 cm³/mol. The molecule has 0 atom stereocenters. The maximum atomic E-state index is 12.9. The standard InChI is InChI=1S/C19H19FN4O2/c1-12(2)9-15-10-17(24-23-15)19(25)22-14-5-8-18(21-11-14)26-16-6-3-13(20)4-7-16/h3-8,10-12H,9H2,1-2H3,(H,22,25)(H,23,24). The van der Waals surface area contributed by atoms with Crippen molar-refractivity contribution in [3.8, 4) is 11.6 Å². The first-order valence-corrected chi connectivity index (χ1v) is 8.24. The second-order valence-electron chi connectivity index (χ2n) is 6.27. The molecule has 1 amide bonds. The highest BCUT2D eigenvalue weighted by Crippen LogP contribution is 2.21. The molecule has 0 fully saturated rings. The second kappa shape index (κ2) is 7.77. The van der Waals surface area contributed by atoms with Gasteiger partial charge < -0.3 is 10.1 Å². The molecule has 0 spiro atoms. The summed E-state index contributed by atoms with van der Waals surface area (Å²) >= 11 is 0. The van der Waals surface area contributed by atoms with Crippen molar-refractivity contribution in [2.24, 2.45) is 5.92 Å². The van der Waals surface area contributed by atoms with Gasteiger partial charge in [-0.05, 0) is 48.7 Å². The molecule has 3 rings (SSSR count). The molecule has 2 heterocycles. The first-order valence-electron chi connectivity index (χ1n) is 8.24. The fourth-order valence-electron chi connectivity index (χ4n) is 2.36. The monoisotopic (exact) mass is 354 g/mol. The number of aromatic amines is 1. The number of aromatic nitrogens is 3. The number of H-pyrrole nitrogens is 1. The summed E-state index contributed by atoms with van der Waals surface area (Å²) in [6, 6.07) is 10.7. The van der Waals surface area contributed by atoms with Crippen LogP contribution in [0, 0.1) is 11.7 Å². The van der Waals surface area contributed by atoms with Crippen molar-refractivity contribution >= 4 is 11.6 Å². The van der Waals surface area contributed by atoms with E-state index in [1.807, 2.05) is 0 Å². The molecule has 0 radical (unpaired) electrons. The number of halogens is 1. The van der Waals surface area contributed by atoms with E-state index < -0.39 is 0 Å². The van der Waals surface area contributed by atoms with E-state index in [2.05, 4.69) is 34.3 Å². The van der Waals surface area contributed by atoms with E-state index in [0.717, 1.165) is 12.1 Å². The van der Waals surface area contributed by atoms with Gasteiger partial charge in [0.25, 0.3) is 5.91 Å². The van der Waals surface area contributed by atoms with Crippen molar-refractivity contribution in [1.82, 2.24) is 15.2 Å². The molecular formula is C19H19FN4O2. The molecule has 0 unspecified atom stereocenters. The molecule has 26 heavy (non-hydrogen) atoms. The fourth-order valence-corrected chi connectivity index (χ4v) is 2.36. The van der Waals surface area contributed by atoms with E-state index in [1.165, 1.54) is 30.5 Å². The molecule has 6 nitrogen and oxygen atoms in total. The predicted octanol–water partition coefficient (Wildman–Crippen LogP) is 4.19. The number of amides is 1. The Bertz CT molecular complexity index is 873. The normalized spacial score (nSPS) is 10.8. The van der Waals surface area contributed by atoms with Gasteiger partial charge in [0.1, 0.15) is 11.6 Å². The Morgan fingerprint density at radius 1 is 1.23 bits per heavy atom. The molecule has 134 valence electrons. The van der Waals surface area contributed by atoms with Crippen molar-refractivity contribution in [2.45, 2.75) is 20.3 Å². The van der Waals surface area contributed by atoms with Gasteiger partial charge in [0.2, 0.25) is 5.88 Å². The number of carbonyl (C=O) groups is 1. The first kappa shape index (κ1) is 17.6. The molecule has 0 aliphatic carbocycles. The van der Waals surface area contributed by atoms with Crippen LogP contribution in [0.3, 0.4) is 0 Å². The Morgan fingerprint density at radius 3 is 2.65 bits per heavy atom. The second-order valence-corrected chi connectivity index (χ2v) is 6.27. The zero-order chi connectivity index (χ0) is 18.5. The lowest BCUT2D eigenvalue weighted by Crippen LogP contribution is -2.12. The molecule has 1 aromatic carbocycles. The summed E-state index contributed by atoms with van der Waals surface area (Å²) in [4.78, 5) is 16.4. The van der Waals surface area contributed by atoms with Crippen molar-refractivity contribution in [2.75, 3.05) is 5.32 Å². The van der Waals surface area contributed by atoms with E-state index in [-0.39, 0.29) is 11.7 Å². The molecule has 0 saturated heterocycles. The molecule has 3 aromatic rings. The molecular weight excluding hydrogens is 335 g/mol. The van der Waals surface area contributed by atoms with E-state index in [4.69, 9.17) is 4.74 Å². The van der Waals surface area contributed by atoms with Gasteiger partial charge in [-0.3, -0.25) is 9.89 Å². The zero-order valence-corrected chi connectivity index (χ0v) is 14.5. The van der Waals surface area contributed by atoms with Crippen LogP contribution in [0.2, 0.25) is 0 Å². The highest BCUT2D eigenvalue weighted by molar-refractivity contribution is 6.02. The number of rotatable bonds is 6. The number of carbonyl (C=O) groups excluding carboxylic acids is 1. The van der Waals surface area contributed by atoms with Crippen LogP contribution in [0.1, 0.15) is 30.0 Å². The summed E-state index contributed by atoms with van der Waals surface area (Å²) in [6.07, 6.45) is 2.32. The highest BCUT2D eigenvalue weighted by Gasteiger charge is 2.12. The summed E-state index contributed by atoms with van der Waals surface area (Å²) in [5.41, 5.74) is 1.77. The minimum atomic E-state index is -0.335. The number of anilines is 1. The number of pyridine rings is 1. The van der Waals surface area contributed by atoms with Gasteiger partial charge in [-0.15, -0.1) is 0 Å². The lowest BCUT2D eigenvalue weighted by Gasteiger charge is -2.06. The average molecular weight is 354 g/mol. The molecule has 7 heteroatoms. The Labute approximate surface area is 150 Å². The fraction of sp³-hybridized carbons (Fsp3) is 0.211. The Morgan fingerprint density at radius 2 is 2.00 bits per heavy atom. The summed E-state index contributed by atoms with van der Waals surface area (Å²) < 4.78 is 18.4. The largest absolute Gasteiger partial charge is 0.439 e. The number of hydrogen-bond donors (Lipinski definition) is 2. The lowest BCUT2D eigenvalue weighted by molar-refractivity contribution is 0.102. The van der Waals surface area contributed by atoms with E-state index in [1.54, 1.807) is 18.2 Å². The number of benzene rings is 1. The Hall–Kier alpha value is -3.22. The summed E-state index contributed by atoms with van der Waals surface area (Å²) in [5, 5.41) is 9.64. The van der Waals surface area contributed by atoms with Gasteiger partial charge in [0.05, 0.1) is 11.9 Å². The van der Waals surface area contributed by atoms with Crippen LogP contribution in [0.5, 0.6) is 11.6 Å². The minimum Gasteiger partial charge on any atom is -0.439 e. The van der Waals surface area contributed by atoms with Gasteiger partial charge in [0, 0.05) is 11.8 Å². The van der Waals surface area contributed by atoms with Gasteiger partial charge >= 0.3 is 0 Å². The smallest absolute Gasteiger partial charge is 0.276 e. The number of nitrogens with one attached hydrogen (secondary N) is 2. The molecule has 0 saturated carbocycles. The first-order chi connectivity index (χ1) is 12.5. The molecule has 2 aromatic heterocycles. The third-order valence-corrected chi connectivity index (χ3v) is 3.52. The Balaban J connectivity index is 1.60. The molecule has 0 aliphatic heterocycles. The average Bonchev–Trinajstić information content (AvgIpc) is 3.06. The van der Waals surface area contributed by atoms with Crippen LogP contribution < -0.4 is 10.1 Å². The van der Waals surface area contributed by atoms with Crippen LogP contribution in [0.15, 0.2) is 48.7 Å². The molecule has 2 N–H and O–H groups in total. The number of hydrogen-bond acceptors (Lipinski definition) is 4. The van der Waals surface area contributed by atoms with Crippen molar-refractivity contribution < 1.29 is 13.9 Å². The van der Waals surface area contributed by atoms with E-state index >= 15 is 0 Å². The van der Waals surface area contributed by atoms with Gasteiger partial charge in [-0.2, -0.15) is 5.10 Å². The third kappa shape index (κ3) is 4.66.